The summed E-state index contributed by atoms with van der Waals surface area (Å²) < 4.78 is 0. The number of nitrogens with one attached hydrogen (secondary N) is 2. The number of amides is 2. The minimum absolute atomic E-state index is 0.194. The molecule has 2 aromatic carbocycles. The van der Waals surface area contributed by atoms with Crippen LogP contribution in [0.3, 0.4) is 0 Å². The second kappa shape index (κ2) is 4.43. The van der Waals surface area contributed by atoms with Crippen molar-refractivity contribution in [1.82, 2.24) is 0 Å². The summed E-state index contributed by atoms with van der Waals surface area (Å²) in [4.78, 5) is 25.2. The number of aryl methyl sites for hydroxylation is 2. The zero-order valence-corrected chi connectivity index (χ0v) is 13.2. The standard InChI is InChI=1S/C18H16N2O4/c1-9-3-5-13-11(7-9)17(23,15(21)19-13)18(24)12-8-10(2)4-6-14(12)20-16(18)22/h3-8,23-24H,1-2H3,(H,19,21)(H,20,22). The van der Waals surface area contributed by atoms with Crippen LogP contribution in [0.4, 0.5) is 11.4 Å². The van der Waals surface area contributed by atoms with Crippen molar-refractivity contribution in [2.24, 2.45) is 0 Å². The first-order valence-electron chi connectivity index (χ1n) is 7.58. The Kier molecular flexibility index (Phi) is 2.75. The van der Waals surface area contributed by atoms with Gasteiger partial charge >= 0.3 is 0 Å². The van der Waals surface area contributed by atoms with Gasteiger partial charge in [-0.3, -0.25) is 9.59 Å². The van der Waals surface area contributed by atoms with E-state index in [0.29, 0.717) is 11.4 Å². The van der Waals surface area contributed by atoms with Crippen LogP contribution in [0, 0.1) is 13.8 Å². The molecule has 122 valence electrons. The van der Waals surface area contributed by atoms with Gasteiger partial charge in [-0.25, -0.2) is 0 Å². The largest absolute Gasteiger partial charge is 0.372 e. The van der Waals surface area contributed by atoms with Gasteiger partial charge in [0.1, 0.15) is 0 Å². The molecular weight excluding hydrogens is 308 g/mol. The van der Waals surface area contributed by atoms with Gasteiger partial charge in [-0.1, -0.05) is 35.4 Å². The number of carbonyl (C=O) groups excluding carboxylic acids is 2. The number of anilines is 2. The van der Waals surface area contributed by atoms with E-state index < -0.39 is 23.0 Å². The molecule has 0 saturated carbocycles. The number of benzene rings is 2. The lowest BCUT2D eigenvalue weighted by Gasteiger charge is -2.35. The van der Waals surface area contributed by atoms with E-state index in [9.17, 15) is 19.8 Å². The van der Waals surface area contributed by atoms with Crippen LogP contribution in [0.1, 0.15) is 22.3 Å². The molecule has 2 aliphatic heterocycles. The number of aliphatic hydroxyl groups is 2. The molecule has 6 nitrogen and oxygen atoms in total. The Morgan fingerprint density at radius 2 is 1.12 bits per heavy atom. The van der Waals surface area contributed by atoms with Crippen LogP contribution >= 0.6 is 0 Å². The quantitative estimate of drug-likeness (QED) is 0.635. The maximum atomic E-state index is 12.6. The molecule has 6 heteroatoms. The van der Waals surface area contributed by atoms with Gasteiger partial charge in [0.25, 0.3) is 11.8 Å². The Labute approximate surface area is 138 Å². The molecule has 2 aliphatic rings. The Balaban J connectivity index is 2.03. The van der Waals surface area contributed by atoms with Crippen molar-refractivity contribution in [2.45, 2.75) is 25.0 Å². The van der Waals surface area contributed by atoms with Gasteiger partial charge in [-0.2, -0.15) is 0 Å². The fraction of sp³-hybridized carbons (Fsp3) is 0.222. The molecule has 0 aromatic heterocycles. The van der Waals surface area contributed by atoms with Gasteiger partial charge in [0.05, 0.1) is 0 Å². The molecule has 0 bridgehead atoms. The second-order valence-electron chi connectivity index (χ2n) is 6.43. The highest BCUT2D eigenvalue weighted by molar-refractivity contribution is 6.15. The van der Waals surface area contributed by atoms with Crippen LogP contribution in [0.2, 0.25) is 0 Å². The fourth-order valence-corrected chi connectivity index (χ4v) is 3.52. The first-order valence-corrected chi connectivity index (χ1v) is 7.58. The highest BCUT2D eigenvalue weighted by Crippen LogP contribution is 2.52. The molecule has 2 aromatic rings. The summed E-state index contributed by atoms with van der Waals surface area (Å²) in [7, 11) is 0. The molecule has 0 spiro atoms. The molecule has 0 aliphatic carbocycles. The first kappa shape index (κ1) is 14.9. The Morgan fingerprint density at radius 3 is 1.50 bits per heavy atom. The lowest BCUT2D eigenvalue weighted by Crippen LogP contribution is -2.57. The number of hydrogen-bond donors (Lipinski definition) is 4. The Hall–Kier alpha value is -2.70. The van der Waals surface area contributed by atoms with Gasteiger partial charge in [-0.05, 0) is 26.0 Å². The first-order chi connectivity index (χ1) is 11.3. The summed E-state index contributed by atoms with van der Waals surface area (Å²) in [6, 6.07) is 10.1. The van der Waals surface area contributed by atoms with E-state index in [4.69, 9.17) is 0 Å². The number of carbonyl (C=O) groups is 2. The smallest absolute Gasteiger partial charge is 0.265 e. The average Bonchev–Trinajstić information content (AvgIpc) is 2.95. The van der Waals surface area contributed by atoms with Gasteiger partial charge in [0.15, 0.2) is 0 Å². The summed E-state index contributed by atoms with van der Waals surface area (Å²) in [5, 5.41) is 27.7. The number of rotatable bonds is 1. The second-order valence-corrected chi connectivity index (χ2v) is 6.43. The van der Waals surface area contributed by atoms with E-state index in [0.717, 1.165) is 11.1 Å². The zero-order chi connectivity index (χ0) is 17.3. The van der Waals surface area contributed by atoms with Crippen LogP contribution in [0.5, 0.6) is 0 Å². The van der Waals surface area contributed by atoms with E-state index >= 15 is 0 Å². The molecule has 2 amide bonds. The van der Waals surface area contributed by atoms with Crippen molar-refractivity contribution < 1.29 is 19.8 Å². The van der Waals surface area contributed by atoms with E-state index in [-0.39, 0.29) is 11.1 Å². The maximum absolute atomic E-state index is 12.6. The van der Waals surface area contributed by atoms with E-state index in [1.807, 2.05) is 0 Å². The lowest BCUT2D eigenvalue weighted by atomic mass is 9.74. The third-order valence-electron chi connectivity index (χ3n) is 4.81. The maximum Gasteiger partial charge on any atom is 0.265 e. The molecule has 2 atom stereocenters. The number of hydrogen-bond acceptors (Lipinski definition) is 4. The zero-order valence-electron chi connectivity index (χ0n) is 13.2. The molecule has 4 rings (SSSR count). The van der Waals surface area contributed by atoms with Crippen LogP contribution in [0.15, 0.2) is 36.4 Å². The molecule has 24 heavy (non-hydrogen) atoms. The van der Waals surface area contributed by atoms with Crippen molar-refractivity contribution in [3.63, 3.8) is 0 Å². The SMILES string of the molecule is Cc1ccc2c(c1)C(O)(C1(O)C(=O)Nc3ccc(C)cc31)C(=O)N2. The van der Waals surface area contributed by atoms with Crippen LogP contribution < -0.4 is 10.6 Å². The van der Waals surface area contributed by atoms with Gasteiger partial charge in [0.2, 0.25) is 11.2 Å². The third-order valence-corrected chi connectivity index (χ3v) is 4.81. The van der Waals surface area contributed by atoms with Crippen molar-refractivity contribution in [3.8, 4) is 0 Å². The minimum Gasteiger partial charge on any atom is -0.372 e. The number of fused-ring (bicyclic) bond motifs is 2. The molecule has 4 N–H and O–H groups in total. The van der Waals surface area contributed by atoms with Crippen molar-refractivity contribution in [1.29, 1.82) is 0 Å². The monoisotopic (exact) mass is 324 g/mol. The molecule has 2 heterocycles. The summed E-state index contributed by atoms with van der Waals surface area (Å²) in [5.74, 6) is -1.65. The van der Waals surface area contributed by atoms with Crippen molar-refractivity contribution >= 4 is 23.2 Å². The third kappa shape index (κ3) is 1.56. The average molecular weight is 324 g/mol. The van der Waals surface area contributed by atoms with Crippen LogP contribution in [-0.4, -0.2) is 22.0 Å². The van der Waals surface area contributed by atoms with E-state index in [1.165, 1.54) is 0 Å². The van der Waals surface area contributed by atoms with Crippen LogP contribution in [-0.2, 0) is 20.8 Å². The van der Waals surface area contributed by atoms with E-state index in [2.05, 4.69) is 10.6 Å². The molecule has 0 fully saturated rings. The summed E-state index contributed by atoms with van der Waals surface area (Å²) in [6.45, 7) is 3.61. The fourth-order valence-electron chi connectivity index (χ4n) is 3.52. The lowest BCUT2D eigenvalue weighted by molar-refractivity contribution is -0.181. The predicted molar refractivity (Wildman–Crippen MR) is 87.4 cm³/mol. The van der Waals surface area contributed by atoms with Crippen LogP contribution in [0.25, 0.3) is 0 Å². The molecule has 2 unspecified atom stereocenters. The molecular formula is C18H16N2O4. The highest BCUT2D eigenvalue weighted by atomic mass is 16.4. The summed E-state index contributed by atoms with van der Waals surface area (Å²) >= 11 is 0. The van der Waals surface area contributed by atoms with Gasteiger partial charge in [-0.15, -0.1) is 0 Å². The summed E-state index contributed by atoms with van der Waals surface area (Å²) in [6.07, 6.45) is 0. The topological polar surface area (TPSA) is 98.7 Å². The summed E-state index contributed by atoms with van der Waals surface area (Å²) in [5.41, 5.74) is -2.05. The van der Waals surface area contributed by atoms with Gasteiger partial charge < -0.3 is 20.8 Å². The Bertz CT molecular complexity index is 848. The predicted octanol–water partition coefficient (Wildman–Crippen LogP) is 1.28. The molecule has 0 saturated heterocycles. The molecule has 0 radical (unpaired) electrons. The highest BCUT2D eigenvalue weighted by Gasteiger charge is 2.67. The van der Waals surface area contributed by atoms with Gasteiger partial charge in [0, 0.05) is 22.5 Å². The Morgan fingerprint density at radius 1 is 0.750 bits per heavy atom. The van der Waals surface area contributed by atoms with Crippen molar-refractivity contribution in [3.05, 3.63) is 58.7 Å². The van der Waals surface area contributed by atoms with E-state index in [1.54, 1.807) is 50.2 Å². The normalized spacial score (nSPS) is 27.5. The minimum atomic E-state index is -2.41. The van der Waals surface area contributed by atoms with Crippen molar-refractivity contribution in [2.75, 3.05) is 10.6 Å².